The number of carbonyl (C=O) groups excluding carboxylic acids is 2. The molecule has 2 aromatic heterocycles. The summed E-state index contributed by atoms with van der Waals surface area (Å²) in [7, 11) is 0. The normalized spacial score (nSPS) is 12.0. The van der Waals surface area contributed by atoms with Crippen LogP contribution in [0.15, 0.2) is 65.5 Å². The number of hydrogen-bond acceptors (Lipinski definition) is 4. The lowest BCUT2D eigenvalue weighted by atomic mass is 10.0. The summed E-state index contributed by atoms with van der Waals surface area (Å²) in [5.41, 5.74) is 5.10. The summed E-state index contributed by atoms with van der Waals surface area (Å²) in [5, 5.41) is 10.8. The number of nitrogens with zero attached hydrogens (tertiary/aromatic N) is 2. The molecule has 7 heteroatoms. The molecule has 0 aliphatic rings. The third kappa shape index (κ3) is 4.35. The van der Waals surface area contributed by atoms with Gasteiger partial charge >= 0.3 is 0 Å². The van der Waals surface area contributed by atoms with Crippen molar-refractivity contribution in [3.63, 3.8) is 0 Å². The maximum atomic E-state index is 12.6. The van der Waals surface area contributed by atoms with E-state index in [0.29, 0.717) is 11.4 Å². The molecule has 0 aliphatic heterocycles. The third-order valence-corrected chi connectivity index (χ3v) is 5.41. The first-order valence-electron chi connectivity index (χ1n) is 10.1. The number of nitrogens with one attached hydrogen (secondary N) is 2. The van der Waals surface area contributed by atoms with Gasteiger partial charge in [-0.1, -0.05) is 18.2 Å². The molecule has 4 aromatic rings. The standard InChI is InChI=1S/C24H24N4O3/c1-15-8-9-21-18(14-31-23(21)16(15)2)12-22(29)26-19-6-4-7-20(13-19)27-24(30)17(3)28-11-5-10-25-28/h4-11,13-14,17H,12H2,1-3H3,(H,26,29)(H,27,30). The van der Waals surface area contributed by atoms with E-state index in [1.807, 2.05) is 26.0 Å². The Morgan fingerprint density at radius 1 is 1.10 bits per heavy atom. The maximum Gasteiger partial charge on any atom is 0.248 e. The number of furan rings is 1. The van der Waals surface area contributed by atoms with Gasteiger partial charge < -0.3 is 15.1 Å². The van der Waals surface area contributed by atoms with Crippen LogP contribution < -0.4 is 10.6 Å². The van der Waals surface area contributed by atoms with Gasteiger partial charge in [0.15, 0.2) is 0 Å². The molecular formula is C24H24N4O3. The van der Waals surface area contributed by atoms with Crippen LogP contribution in [0.3, 0.4) is 0 Å². The van der Waals surface area contributed by atoms with E-state index >= 15 is 0 Å². The van der Waals surface area contributed by atoms with E-state index in [2.05, 4.69) is 15.7 Å². The van der Waals surface area contributed by atoms with Gasteiger partial charge in [0, 0.05) is 34.7 Å². The highest BCUT2D eigenvalue weighted by atomic mass is 16.3. The van der Waals surface area contributed by atoms with Crippen LogP contribution in [0.4, 0.5) is 11.4 Å². The zero-order valence-electron chi connectivity index (χ0n) is 17.7. The summed E-state index contributed by atoms with van der Waals surface area (Å²) in [6.45, 7) is 5.82. The second kappa shape index (κ2) is 8.47. The highest BCUT2D eigenvalue weighted by molar-refractivity contribution is 5.97. The van der Waals surface area contributed by atoms with E-state index in [4.69, 9.17) is 4.42 Å². The van der Waals surface area contributed by atoms with Gasteiger partial charge in [-0.25, -0.2) is 0 Å². The monoisotopic (exact) mass is 416 g/mol. The number of hydrogen-bond donors (Lipinski definition) is 2. The molecule has 0 radical (unpaired) electrons. The van der Waals surface area contributed by atoms with Crippen LogP contribution in [-0.4, -0.2) is 21.6 Å². The molecule has 0 saturated carbocycles. The lowest BCUT2D eigenvalue weighted by Gasteiger charge is -2.13. The molecule has 0 saturated heterocycles. The van der Waals surface area contributed by atoms with E-state index in [0.717, 1.165) is 27.7 Å². The molecule has 158 valence electrons. The molecule has 2 amide bonds. The molecule has 31 heavy (non-hydrogen) atoms. The van der Waals surface area contributed by atoms with Crippen LogP contribution in [0.25, 0.3) is 11.0 Å². The first-order valence-corrected chi connectivity index (χ1v) is 10.1. The Kier molecular flexibility index (Phi) is 5.58. The van der Waals surface area contributed by atoms with Crippen LogP contribution in [0.2, 0.25) is 0 Å². The van der Waals surface area contributed by atoms with Crippen LogP contribution in [0, 0.1) is 13.8 Å². The van der Waals surface area contributed by atoms with Crippen LogP contribution >= 0.6 is 0 Å². The summed E-state index contributed by atoms with van der Waals surface area (Å²) in [6.07, 6.45) is 5.21. The van der Waals surface area contributed by atoms with Gasteiger partial charge in [0.05, 0.1) is 12.7 Å². The van der Waals surface area contributed by atoms with Crippen molar-refractivity contribution >= 4 is 34.2 Å². The Balaban J connectivity index is 1.42. The minimum absolute atomic E-state index is 0.158. The molecule has 1 unspecified atom stereocenters. The van der Waals surface area contributed by atoms with Crippen molar-refractivity contribution in [2.24, 2.45) is 0 Å². The summed E-state index contributed by atoms with van der Waals surface area (Å²) in [4.78, 5) is 25.1. The van der Waals surface area contributed by atoms with Crippen molar-refractivity contribution < 1.29 is 14.0 Å². The number of aromatic nitrogens is 2. The van der Waals surface area contributed by atoms with Crippen LogP contribution in [0.1, 0.15) is 29.7 Å². The summed E-state index contributed by atoms with van der Waals surface area (Å²) in [6, 6.07) is 12.4. The predicted octanol–water partition coefficient (Wildman–Crippen LogP) is 4.63. The number of anilines is 2. The van der Waals surface area contributed by atoms with Crippen molar-refractivity contribution in [1.82, 2.24) is 9.78 Å². The molecule has 4 rings (SSSR count). The van der Waals surface area contributed by atoms with Crippen molar-refractivity contribution in [2.75, 3.05) is 10.6 Å². The van der Waals surface area contributed by atoms with Gasteiger partial charge in [-0.05, 0) is 56.2 Å². The fourth-order valence-corrected chi connectivity index (χ4v) is 3.45. The molecule has 2 aromatic carbocycles. The maximum absolute atomic E-state index is 12.6. The summed E-state index contributed by atoms with van der Waals surface area (Å²) in [5.74, 6) is -0.350. The lowest BCUT2D eigenvalue weighted by molar-refractivity contribution is -0.119. The SMILES string of the molecule is Cc1ccc2c(CC(=O)Nc3cccc(NC(=O)C(C)n4cccn4)c3)coc2c1C. The van der Waals surface area contributed by atoms with E-state index < -0.39 is 6.04 Å². The Bertz CT molecular complexity index is 1240. The number of aryl methyl sites for hydroxylation is 2. The Morgan fingerprint density at radius 3 is 2.61 bits per heavy atom. The van der Waals surface area contributed by atoms with E-state index in [-0.39, 0.29) is 18.2 Å². The average molecular weight is 416 g/mol. The number of fused-ring (bicyclic) bond motifs is 1. The van der Waals surface area contributed by atoms with Crippen molar-refractivity contribution in [1.29, 1.82) is 0 Å². The quantitative estimate of drug-likeness (QED) is 0.480. The first kappa shape index (κ1) is 20.4. The smallest absolute Gasteiger partial charge is 0.248 e. The largest absolute Gasteiger partial charge is 0.464 e. The van der Waals surface area contributed by atoms with Crippen molar-refractivity contribution in [2.45, 2.75) is 33.2 Å². The number of amides is 2. The minimum Gasteiger partial charge on any atom is -0.464 e. The van der Waals surface area contributed by atoms with Crippen molar-refractivity contribution in [3.8, 4) is 0 Å². The molecule has 2 N–H and O–H groups in total. The summed E-state index contributed by atoms with van der Waals surface area (Å²) >= 11 is 0. The topological polar surface area (TPSA) is 89.2 Å². The first-order chi connectivity index (χ1) is 14.9. The molecule has 0 spiro atoms. The zero-order valence-corrected chi connectivity index (χ0v) is 17.7. The molecule has 1 atom stereocenters. The molecule has 0 bridgehead atoms. The third-order valence-electron chi connectivity index (χ3n) is 5.41. The second-order valence-electron chi connectivity index (χ2n) is 7.60. The Morgan fingerprint density at radius 2 is 1.87 bits per heavy atom. The fourth-order valence-electron chi connectivity index (χ4n) is 3.45. The van der Waals surface area contributed by atoms with Gasteiger partial charge in [0.1, 0.15) is 11.6 Å². The minimum atomic E-state index is -0.449. The highest BCUT2D eigenvalue weighted by Crippen LogP contribution is 2.27. The van der Waals surface area contributed by atoms with Crippen molar-refractivity contribution in [3.05, 3.63) is 77.8 Å². The van der Waals surface area contributed by atoms with Gasteiger partial charge in [0.2, 0.25) is 11.8 Å². The molecule has 7 nitrogen and oxygen atoms in total. The Labute approximate surface area is 180 Å². The highest BCUT2D eigenvalue weighted by Gasteiger charge is 2.16. The average Bonchev–Trinajstić information content (AvgIpc) is 3.41. The molecule has 2 heterocycles. The lowest BCUT2D eigenvalue weighted by Crippen LogP contribution is -2.24. The van der Waals surface area contributed by atoms with Gasteiger partial charge in [-0.2, -0.15) is 5.10 Å². The molecule has 0 fully saturated rings. The van der Waals surface area contributed by atoms with E-state index in [1.54, 1.807) is 60.6 Å². The van der Waals surface area contributed by atoms with Gasteiger partial charge in [-0.15, -0.1) is 0 Å². The van der Waals surface area contributed by atoms with E-state index in [9.17, 15) is 9.59 Å². The van der Waals surface area contributed by atoms with Crippen LogP contribution in [0.5, 0.6) is 0 Å². The number of rotatable bonds is 6. The molecular weight excluding hydrogens is 392 g/mol. The molecule has 0 aliphatic carbocycles. The Hall–Kier alpha value is -3.87. The number of benzene rings is 2. The number of carbonyl (C=O) groups is 2. The predicted molar refractivity (Wildman–Crippen MR) is 120 cm³/mol. The summed E-state index contributed by atoms with van der Waals surface area (Å²) < 4.78 is 7.28. The van der Waals surface area contributed by atoms with Gasteiger partial charge in [-0.3, -0.25) is 14.3 Å². The fraction of sp³-hybridized carbons (Fsp3) is 0.208. The van der Waals surface area contributed by atoms with Gasteiger partial charge in [0.25, 0.3) is 0 Å². The van der Waals surface area contributed by atoms with Crippen LogP contribution in [-0.2, 0) is 16.0 Å². The van der Waals surface area contributed by atoms with E-state index in [1.165, 1.54) is 0 Å². The zero-order chi connectivity index (χ0) is 22.0. The second-order valence-corrected chi connectivity index (χ2v) is 7.60.